The average Bonchev–Trinajstić information content (AvgIpc) is 3.35. The van der Waals surface area contributed by atoms with Crippen molar-refractivity contribution in [2.45, 2.75) is 12.3 Å². The highest BCUT2D eigenvalue weighted by molar-refractivity contribution is 6.05. The Hall–Kier alpha value is -3.47. The van der Waals surface area contributed by atoms with E-state index in [2.05, 4.69) is 4.98 Å². The van der Waals surface area contributed by atoms with E-state index in [0.29, 0.717) is 17.1 Å². The zero-order valence-electron chi connectivity index (χ0n) is 14.8. The van der Waals surface area contributed by atoms with Gasteiger partial charge in [-0.15, -0.1) is 0 Å². The van der Waals surface area contributed by atoms with Gasteiger partial charge in [0.1, 0.15) is 5.76 Å². The van der Waals surface area contributed by atoms with Crippen molar-refractivity contribution in [2.75, 3.05) is 0 Å². The van der Waals surface area contributed by atoms with Gasteiger partial charge in [0.2, 0.25) is 0 Å². The highest BCUT2D eigenvalue weighted by Gasteiger charge is 2.29. The molecule has 0 saturated heterocycles. The molecule has 4 aromatic rings. The number of hydrogen-bond acceptors (Lipinski definition) is 4. The summed E-state index contributed by atoms with van der Waals surface area (Å²) in [5, 5.41) is 0. The van der Waals surface area contributed by atoms with Crippen LogP contribution in [0.15, 0.2) is 77.4 Å². The maximum atomic E-state index is 13.0. The van der Waals surface area contributed by atoms with Crippen molar-refractivity contribution in [3.63, 3.8) is 0 Å². The molecule has 1 unspecified atom stereocenters. The SMILES string of the molecule is Cn1c(C(=O)CC(C(=O)c2ccccc2)c2ccco2)nc2ccccc21. The number of Topliss-reactive ketones (excluding diaryl/α,β-unsaturated/α-hetero) is 2. The maximum absolute atomic E-state index is 13.0. The molecule has 5 nitrogen and oxygen atoms in total. The summed E-state index contributed by atoms with van der Waals surface area (Å²) in [6, 6.07) is 20.0. The molecule has 0 fully saturated rings. The molecule has 0 aliphatic heterocycles. The number of imidazole rings is 1. The van der Waals surface area contributed by atoms with Crippen LogP contribution in [0.4, 0.5) is 0 Å². The molecule has 1 atom stereocenters. The van der Waals surface area contributed by atoms with Gasteiger partial charge in [-0.2, -0.15) is 0 Å². The van der Waals surface area contributed by atoms with Gasteiger partial charge in [0.05, 0.1) is 23.2 Å². The molecule has 27 heavy (non-hydrogen) atoms. The molecule has 2 heterocycles. The third-order valence-corrected chi connectivity index (χ3v) is 4.69. The second kappa shape index (κ2) is 7.03. The first-order valence-corrected chi connectivity index (χ1v) is 8.72. The molecular formula is C22H18N2O3. The first kappa shape index (κ1) is 17.0. The van der Waals surface area contributed by atoms with Gasteiger partial charge in [0.25, 0.3) is 0 Å². The Balaban J connectivity index is 1.68. The van der Waals surface area contributed by atoms with Gasteiger partial charge < -0.3 is 8.98 Å². The Bertz CT molecular complexity index is 1100. The van der Waals surface area contributed by atoms with Gasteiger partial charge in [0, 0.05) is 19.0 Å². The summed E-state index contributed by atoms with van der Waals surface area (Å²) in [5.74, 6) is -0.198. The lowest BCUT2D eigenvalue weighted by Crippen LogP contribution is -2.18. The molecule has 0 bridgehead atoms. The van der Waals surface area contributed by atoms with Crippen LogP contribution in [0.5, 0.6) is 0 Å². The van der Waals surface area contributed by atoms with Crippen LogP contribution < -0.4 is 0 Å². The number of benzene rings is 2. The normalized spacial score (nSPS) is 12.2. The maximum Gasteiger partial charge on any atom is 0.199 e. The van der Waals surface area contributed by atoms with Crippen molar-refractivity contribution >= 4 is 22.6 Å². The van der Waals surface area contributed by atoms with E-state index in [1.165, 1.54) is 6.26 Å². The third-order valence-electron chi connectivity index (χ3n) is 4.69. The van der Waals surface area contributed by atoms with Gasteiger partial charge >= 0.3 is 0 Å². The topological polar surface area (TPSA) is 65.1 Å². The number of rotatable bonds is 6. The van der Waals surface area contributed by atoms with Crippen molar-refractivity contribution in [2.24, 2.45) is 7.05 Å². The summed E-state index contributed by atoms with van der Waals surface area (Å²) in [5.41, 5.74) is 2.19. The van der Waals surface area contributed by atoms with Crippen LogP contribution in [0.2, 0.25) is 0 Å². The van der Waals surface area contributed by atoms with Crippen molar-refractivity contribution in [1.29, 1.82) is 0 Å². The minimum atomic E-state index is -0.685. The first-order valence-electron chi connectivity index (χ1n) is 8.72. The fourth-order valence-electron chi connectivity index (χ4n) is 3.29. The van der Waals surface area contributed by atoms with E-state index >= 15 is 0 Å². The fourth-order valence-corrected chi connectivity index (χ4v) is 3.29. The Morgan fingerprint density at radius 3 is 2.44 bits per heavy atom. The smallest absolute Gasteiger partial charge is 0.199 e. The Labute approximate surface area is 156 Å². The first-order chi connectivity index (χ1) is 13.1. The highest BCUT2D eigenvalue weighted by atomic mass is 16.3. The number of carbonyl (C=O) groups is 2. The van der Waals surface area contributed by atoms with Crippen molar-refractivity contribution in [3.05, 3.63) is 90.1 Å². The predicted molar refractivity (Wildman–Crippen MR) is 102 cm³/mol. The Morgan fingerprint density at radius 2 is 1.74 bits per heavy atom. The lowest BCUT2D eigenvalue weighted by atomic mass is 9.90. The standard InChI is InChI=1S/C22H18N2O3/c1-24-18-11-6-5-10-17(18)23-22(24)19(25)14-16(20-12-7-13-27-20)21(26)15-8-3-2-4-9-15/h2-13,16H,14H2,1H3. The molecule has 2 aromatic heterocycles. The Morgan fingerprint density at radius 1 is 1.00 bits per heavy atom. The number of carbonyl (C=O) groups excluding carboxylic acids is 2. The van der Waals surface area contributed by atoms with E-state index in [9.17, 15) is 9.59 Å². The summed E-state index contributed by atoms with van der Waals surface area (Å²) in [7, 11) is 1.81. The van der Waals surface area contributed by atoms with Crippen molar-refractivity contribution < 1.29 is 14.0 Å². The molecule has 0 aliphatic rings. The van der Waals surface area contributed by atoms with Crippen LogP contribution in [-0.4, -0.2) is 21.1 Å². The minimum absolute atomic E-state index is 0.00158. The quantitative estimate of drug-likeness (QED) is 0.479. The summed E-state index contributed by atoms with van der Waals surface area (Å²) in [6.45, 7) is 0. The Kier molecular flexibility index (Phi) is 4.42. The number of hydrogen-bond donors (Lipinski definition) is 0. The number of aryl methyl sites for hydroxylation is 1. The lowest BCUT2D eigenvalue weighted by Gasteiger charge is -2.13. The number of ketones is 2. The van der Waals surface area contributed by atoms with Crippen LogP contribution in [-0.2, 0) is 7.05 Å². The van der Waals surface area contributed by atoms with Crippen molar-refractivity contribution in [1.82, 2.24) is 9.55 Å². The zero-order valence-corrected chi connectivity index (χ0v) is 14.8. The molecule has 4 rings (SSSR count). The van der Waals surface area contributed by atoms with Crippen molar-refractivity contribution in [3.8, 4) is 0 Å². The van der Waals surface area contributed by atoms with Gasteiger partial charge in [0.15, 0.2) is 17.4 Å². The molecule has 2 aromatic carbocycles. The molecule has 0 aliphatic carbocycles. The summed E-state index contributed by atoms with van der Waals surface area (Å²) < 4.78 is 7.23. The van der Waals surface area contributed by atoms with Crippen LogP contribution >= 0.6 is 0 Å². The van der Waals surface area contributed by atoms with E-state index in [1.54, 1.807) is 41.0 Å². The zero-order chi connectivity index (χ0) is 18.8. The summed E-state index contributed by atoms with van der Waals surface area (Å²) in [4.78, 5) is 30.5. The number of para-hydroxylation sites is 2. The molecular weight excluding hydrogens is 340 g/mol. The van der Waals surface area contributed by atoms with Gasteiger partial charge in [-0.05, 0) is 24.3 Å². The molecule has 134 valence electrons. The predicted octanol–water partition coefficient (Wildman–Crippen LogP) is 4.41. The van der Waals surface area contributed by atoms with E-state index in [-0.39, 0.29) is 18.0 Å². The number of fused-ring (bicyclic) bond motifs is 1. The number of furan rings is 1. The number of aromatic nitrogens is 2. The summed E-state index contributed by atoms with van der Waals surface area (Å²) in [6.07, 6.45) is 1.51. The average molecular weight is 358 g/mol. The van der Waals surface area contributed by atoms with E-state index < -0.39 is 5.92 Å². The lowest BCUT2D eigenvalue weighted by molar-refractivity contribution is 0.0877. The highest BCUT2D eigenvalue weighted by Crippen LogP contribution is 2.27. The monoisotopic (exact) mass is 358 g/mol. The van der Waals surface area contributed by atoms with Gasteiger partial charge in [-0.25, -0.2) is 4.98 Å². The molecule has 0 saturated carbocycles. The number of nitrogens with zero attached hydrogens (tertiary/aromatic N) is 2. The van der Waals surface area contributed by atoms with E-state index in [4.69, 9.17) is 4.42 Å². The van der Waals surface area contributed by atoms with Crippen LogP contribution in [0.1, 0.15) is 39.1 Å². The molecule has 0 amide bonds. The second-order valence-corrected chi connectivity index (χ2v) is 6.41. The fraction of sp³-hybridized carbons (Fsp3) is 0.136. The minimum Gasteiger partial charge on any atom is -0.469 e. The van der Waals surface area contributed by atoms with Crippen LogP contribution in [0, 0.1) is 0 Å². The molecule has 0 spiro atoms. The molecule has 0 radical (unpaired) electrons. The van der Waals surface area contributed by atoms with Gasteiger partial charge in [-0.1, -0.05) is 42.5 Å². The second-order valence-electron chi connectivity index (χ2n) is 6.41. The van der Waals surface area contributed by atoms with E-state index in [0.717, 1.165) is 11.0 Å². The molecule has 0 N–H and O–H groups in total. The summed E-state index contributed by atoms with van der Waals surface area (Å²) >= 11 is 0. The van der Waals surface area contributed by atoms with E-state index in [1.807, 2.05) is 37.4 Å². The third kappa shape index (κ3) is 3.19. The molecule has 5 heteroatoms. The van der Waals surface area contributed by atoms with Crippen LogP contribution in [0.3, 0.4) is 0 Å². The van der Waals surface area contributed by atoms with Gasteiger partial charge in [-0.3, -0.25) is 9.59 Å². The van der Waals surface area contributed by atoms with Crippen LogP contribution in [0.25, 0.3) is 11.0 Å². The largest absolute Gasteiger partial charge is 0.469 e.